The van der Waals surface area contributed by atoms with Crippen LogP contribution in [0.3, 0.4) is 0 Å². The minimum Gasteiger partial charge on any atom is -0.479 e. The molecule has 0 unspecified atom stereocenters. The number of aliphatic hydroxyl groups is 1. The van der Waals surface area contributed by atoms with E-state index >= 15 is 0 Å². The van der Waals surface area contributed by atoms with Gasteiger partial charge in [-0.15, -0.1) is 0 Å². The number of carboxylic acid groups (broad SMARTS) is 1. The fraction of sp³-hybridized carbons (Fsp3) is 0.750. The molecule has 0 spiro atoms. The van der Waals surface area contributed by atoms with E-state index in [0.29, 0.717) is 32.5 Å². The average molecular weight is 303 g/mol. The Morgan fingerprint density at radius 2 is 1.95 bits per heavy atom. The number of ether oxygens (including phenoxy) is 1. The Labute approximate surface area is 122 Å². The Morgan fingerprint density at radius 1 is 1.33 bits per heavy atom. The van der Waals surface area contributed by atoms with Crippen molar-refractivity contribution < 1.29 is 29.3 Å². The topological polar surface area (TPSA) is 128 Å². The van der Waals surface area contributed by atoms with Gasteiger partial charge in [0.05, 0.1) is 13.2 Å². The van der Waals surface area contributed by atoms with Crippen LogP contribution in [-0.4, -0.2) is 71.6 Å². The smallest absolute Gasteiger partial charge is 0.409 e. The lowest BCUT2D eigenvalue weighted by molar-refractivity contribution is -0.146. The molecule has 1 fully saturated rings. The van der Waals surface area contributed by atoms with Crippen LogP contribution >= 0.6 is 0 Å². The van der Waals surface area contributed by atoms with Gasteiger partial charge in [-0.2, -0.15) is 0 Å². The largest absolute Gasteiger partial charge is 0.479 e. The van der Waals surface area contributed by atoms with Crippen LogP contribution in [0, 0.1) is 0 Å². The van der Waals surface area contributed by atoms with Crippen molar-refractivity contribution >= 4 is 18.1 Å². The number of nitrogens with zero attached hydrogens (tertiary/aromatic N) is 1. The molecule has 1 rings (SSSR count). The minimum atomic E-state index is -1.62. The van der Waals surface area contributed by atoms with Crippen LogP contribution in [0.2, 0.25) is 0 Å². The number of carbonyl (C=O) groups is 3. The van der Waals surface area contributed by atoms with Gasteiger partial charge in [0.2, 0.25) is 0 Å². The molecule has 3 amide bonds. The summed E-state index contributed by atoms with van der Waals surface area (Å²) in [4.78, 5) is 35.0. The quantitative estimate of drug-likeness (QED) is 0.534. The van der Waals surface area contributed by atoms with E-state index in [9.17, 15) is 14.4 Å². The standard InChI is InChI=1S/C12H21N3O6/c1-2-21-12(20)15-5-3-8(4-6-15)14-11(19)13-7-9(16)10(17)18/h8-9,16H,2-7H2,1H3,(H,17,18)(H2,13,14,19)/t9-/m0/s1. The number of carbonyl (C=O) groups excluding carboxylic acids is 2. The first-order valence-corrected chi connectivity index (χ1v) is 6.81. The maximum Gasteiger partial charge on any atom is 0.409 e. The number of aliphatic carboxylic acids is 1. The van der Waals surface area contributed by atoms with E-state index in [4.69, 9.17) is 14.9 Å². The Kier molecular flexibility index (Phi) is 6.73. The molecule has 9 nitrogen and oxygen atoms in total. The normalized spacial score (nSPS) is 17.0. The molecule has 0 saturated carbocycles. The molecule has 1 atom stereocenters. The number of hydrogen-bond acceptors (Lipinski definition) is 5. The summed E-state index contributed by atoms with van der Waals surface area (Å²) in [6, 6.07) is -0.637. The maximum atomic E-state index is 11.5. The number of hydrogen-bond donors (Lipinski definition) is 4. The van der Waals surface area contributed by atoms with E-state index in [0.717, 1.165) is 0 Å². The number of urea groups is 1. The summed E-state index contributed by atoms with van der Waals surface area (Å²) >= 11 is 0. The lowest BCUT2D eigenvalue weighted by Crippen LogP contribution is -2.50. The Morgan fingerprint density at radius 3 is 2.48 bits per heavy atom. The fourth-order valence-electron chi connectivity index (χ4n) is 1.93. The minimum absolute atomic E-state index is 0.0994. The van der Waals surface area contributed by atoms with E-state index in [1.807, 2.05) is 0 Å². The zero-order valence-corrected chi connectivity index (χ0v) is 11.9. The summed E-state index contributed by atoms with van der Waals surface area (Å²) in [6.45, 7) is 2.68. The van der Waals surface area contributed by atoms with Crippen LogP contribution in [0.25, 0.3) is 0 Å². The van der Waals surface area contributed by atoms with Gasteiger partial charge in [0.1, 0.15) is 0 Å². The average Bonchev–Trinajstić information content (AvgIpc) is 2.45. The number of carboxylic acids is 1. The zero-order valence-electron chi connectivity index (χ0n) is 11.9. The third kappa shape index (κ3) is 5.86. The van der Waals surface area contributed by atoms with Gasteiger partial charge in [-0.25, -0.2) is 14.4 Å². The highest BCUT2D eigenvalue weighted by atomic mass is 16.6. The Bertz CT molecular complexity index is 381. The van der Waals surface area contributed by atoms with Crippen LogP contribution in [0.1, 0.15) is 19.8 Å². The van der Waals surface area contributed by atoms with Crippen molar-refractivity contribution in [2.45, 2.75) is 31.9 Å². The van der Waals surface area contributed by atoms with E-state index in [1.54, 1.807) is 11.8 Å². The summed E-state index contributed by atoms with van der Waals surface area (Å²) in [7, 11) is 0. The number of piperidine rings is 1. The number of amides is 3. The molecule has 0 bridgehead atoms. The van der Waals surface area contributed by atoms with Crippen molar-refractivity contribution in [1.29, 1.82) is 0 Å². The molecule has 0 aromatic heterocycles. The van der Waals surface area contributed by atoms with E-state index < -0.39 is 18.1 Å². The van der Waals surface area contributed by atoms with Crippen LogP contribution in [0.5, 0.6) is 0 Å². The van der Waals surface area contributed by atoms with Gasteiger partial charge < -0.3 is 30.5 Å². The molecule has 0 aromatic rings. The second kappa shape index (κ2) is 8.30. The number of aliphatic hydroxyl groups excluding tert-OH is 1. The molecule has 0 radical (unpaired) electrons. The molecule has 4 N–H and O–H groups in total. The Balaban J connectivity index is 2.24. The first-order chi connectivity index (χ1) is 9.93. The second-order valence-corrected chi connectivity index (χ2v) is 4.67. The van der Waals surface area contributed by atoms with Crippen molar-refractivity contribution in [2.24, 2.45) is 0 Å². The first-order valence-electron chi connectivity index (χ1n) is 6.81. The molecule has 1 aliphatic heterocycles. The van der Waals surface area contributed by atoms with Gasteiger partial charge in [-0.1, -0.05) is 0 Å². The van der Waals surface area contributed by atoms with Gasteiger partial charge in [0.25, 0.3) is 0 Å². The van der Waals surface area contributed by atoms with Gasteiger partial charge in [-0.05, 0) is 19.8 Å². The maximum absolute atomic E-state index is 11.5. The predicted octanol–water partition coefficient (Wildman–Crippen LogP) is -0.648. The van der Waals surface area contributed by atoms with Crippen molar-refractivity contribution in [2.75, 3.05) is 26.2 Å². The first kappa shape index (κ1) is 17.0. The van der Waals surface area contributed by atoms with Crippen LogP contribution < -0.4 is 10.6 Å². The summed E-state index contributed by atoms with van der Waals surface area (Å²) in [5.41, 5.74) is 0. The lowest BCUT2D eigenvalue weighted by Gasteiger charge is -2.31. The molecular formula is C12H21N3O6. The highest BCUT2D eigenvalue weighted by Crippen LogP contribution is 2.11. The molecule has 120 valence electrons. The van der Waals surface area contributed by atoms with Gasteiger partial charge in [0.15, 0.2) is 6.10 Å². The number of nitrogens with one attached hydrogen (secondary N) is 2. The molecule has 0 aromatic carbocycles. The summed E-state index contributed by atoms with van der Waals surface area (Å²) < 4.78 is 4.89. The van der Waals surface area contributed by atoms with Gasteiger partial charge >= 0.3 is 18.1 Å². The number of likely N-dealkylation sites (tertiary alicyclic amines) is 1. The molecule has 0 aliphatic carbocycles. The van der Waals surface area contributed by atoms with Crippen LogP contribution in [0.4, 0.5) is 9.59 Å². The third-order valence-corrected chi connectivity index (χ3v) is 3.10. The summed E-state index contributed by atoms with van der Waals surface area (Å²) in [5.74, 6) is -1.39. The third-order valence-electron chi connectivity index (χ3n) is 3.10. The van der Waals surface area contributed by atoms with E-state index in [2.05, 4.69) is 10.6 Å². The van der Waals surface area contributed by atoms with Crippen molar-refractivity contribution in [1.82, 2.24) is 15.5 Å². The molecule has 1 saturated heterocycles. The predicted molar refractivity (Wildman–Crippen MR) is 71.8 cm³/mol. The van der Waals surface area contributed by atoms with Crippen molar-refractivity contribution in [3.8, 4) is 0 Å². The van der Waals surface area contributed by atoms with Crippen LogP contribution in [0.15, 0.2) is 0 Å². The molecule has 1 heterocycles. The summed E-state index contributed by atoms with van der Waals surface area (Å²) in [5, 5.41) is 22.4. The molecular weight excluding hydrogens is 282 g/mol. The van der Waals surface area contributed by atoms with Gasteiger partial charge in [-0.3, -0.25) is 0 Å². The lowest BCUT2D eigenvalue weighted by atomic mass is 10.1. The fourth-order valence-corrected chi connectivity index (χ4v) is 1.93. The van der Waals surface area contributed by atoms with E-state index in [1.165, 1.54) is 0 Å². The highest BCUT2D eigenvalue weighted by molar-refractivity contribution is 5.76. The van der Waals surface area contributed by atoms with Crippen molar-refractivity contribution in [3.63, 3.8) is 0 Å². The van der Waals surface area contributed by atoms with Gasteiger partial charge in [0, 0.05) is 19.1 Å². The highest BCUT2D eigenvalue weighted by Gasteiger charge is 2.24. The molecule has 9 heteroatoms. The second-order valence-electron chi connectivity index (χ2n) is 4.67. The number of rotatable bonds is 5. The molecule has 1 aliphatic rings. The molecule has 21 heavy (non-hydrogen) atoms. The summed E-state index contributed by atoms with van der Waals surface area (Å²) in [6.07, 6.45) is -0.798. The van der Waals surface area contributed by atoms with E-state index in [-0.39, 0.29) is 18.7 Å². The van der Waals surface area contributed by atoms with Crippen LogP contribution in [-0.2, 0) is 9.53 Å². The monoisotopic (exact) mass is 303 g/mol. The van der Waals surface area contributed by atoms with Crippen molar-refractivity contribution in [3.05, 3.63) is 0 Å². The SMILES string of the molecule is CCOC(=O)N1CCC(NC(=O)NC[C@H](O)C(=O)O)CC1. The Hall–Kier alpha value is -2.03. The zero-order chi connectivity index (χ0) is 15.8.